The van der Waals surface area contributed by atoms with Crippen molar-refractivity contribution in [3.8, 4) is 5.75 Å². The first kappa shape index (κ1) is 9.79. The third kappa shape index (κ3) is 1.61. The molecule has 2 rings (SSSR count). The van der Waals surface area contributed by atoms with Crippen molar-refractivity contribution in [2.75, 3.05) is 0 Å². The second-order valence-corrected chi connectivity index (χ2v) is 3.46. The Morgan fingerprint density at radius 3 is 2.93 bits per heavy atom. The second kappa shape index (κ2) is 3.43. The molecule has 1 heterocycles. The minimum absolute atomic E-state index is 0.259. The van der Waals surface area contributed by atoms with Crippen molar-refractivity contribution < 1.29 is 19.5 Å². The van der Waals surface area contributed by atoms with Gasteiger partial charge in [-0.15, -0.1) is 0 Å². The van der Waals surface area contributed by atoms with Crippen LogP contribution in [0.15, 0.2) is 18.2 Å². The van der Waals surface area contributed by atoms with E-state index in [9.17, 15) is 9.59 Å². The number of benzene rings is 1. The van der Waals surface area contributed by atoms with Crippen molar-refractivity contribution in [2.24, 2.45) is 0 Å². The van der Waals surface area contributed by atoms with Crippen LogP contribution in [0.1, 0.15) is 11.5 Å². The number of amides is 1. The molecule has 0 fully saturated rings. The first-order valence-corrected chi connectivity index (χ1v) is 4.46. The molecule has 0 saturated carbocycles. The van der Waals surface area contributed by atoms with Crippen LogP contribution >= 0.6 is 11.6 Å². The molecule has 0 radical (unpaired) electrons. The Hall–Kier alpha value is -1.75. The largest absolute Gasteiger partial charge is 0.480 e. The number of aliphatic carboxylic acids is 1. The Kier molecular flexibility index (Phi) is 2.24. The maximum Gasteiger partial charge on any atom is 0.320 e. The summed E-state index contributed by atoms with van der Waals surface area (Å²) < 4.78 is 0. The molecule has 0 bridgehead atoms. The summed E-state index contributed by atoms with van der Waals surface area (Å²) in [6, 6.07) is 4.43. The van der Waals surface area contributed by atoms with Gasteiger partial charge in [-0.2, -0.15) is 5.48 Å². The maximum atomic E-state index is 11.2. The van der Waals surface area contributed by atoms with Gasteiger partial charge in [-0.05, 0) is 6.07 Å². The molecule has 1 unspecified atom stereocenters. The van der Waals surface area contributed by atoms with Crippen molar-refractivity contribution in [3.05, 3.63) is 28.8 Å². The average molecular weight is 228 g/mol. The number of hydroxylamine groups is 1. The van der Waals surface area contributed by atoms with Crippen LogP contribution in [-0.4, -0.2) is 17.0 Å². The number of halogens is 1. The lowest BCUT2D eigenvalue weighted by Gasteiger charge is -2.22. The summed E-state index contributed by atoms with van der Waals surface area (Å²) in [5, 5.41) is 9.29. The molecule has 0 saturated heterocycles. The minimum Gasteiger partial charge on any atom is -0.480 e. The summed E-state index contributed by atoms with van der Waals surface area (Å²) in [4.78, 5) is 26.9. The normalized spacial score (nSPS) is 18.7. The highest BCUT2D eigenvalue weighted by molar-refractivity contribution is 6.30. The molecule has 1 aromatic rings. The van der Waals surface area contributed by atoms with Crippen LogP contribution in [0.25, 0.3) is 0 Å². The zero-order valence-corrected chi connectivity index (χ0v) is 8.12. The fraction of sp³-hybridized carbons (Fsp3) is 0.111. The fourth-order valence-electron chi connectivity index (χ4n) is 1.39. The van der Waals surface area contributed by atoms with E-state index in [1.807, 2.05) is 5.48 Å². The van der Waals surface area contributed by atoms with Crippen LogP contribution < -0.4 is 10.3 Å². The molecule has 1 amide bonds. The van der Waals surface area contributed by atoms with Gasteiger partial charge in [0.2, 0.25) is 0 Å². The number of nitrogens with one attached hydrogen (secondary N) is 1. The van der Waals surface area contributed by atoms with Gasteiger partial charge in [0, 0.05) is 16.7 Å². The molecule has 6 heteroatoms. The van der Waals surface area contributed by atoms with E-state index in [0.29, 0.717) is 10.6 Å². The molecular weight excluding hydrogens is 222 g/mol. The summed E-state index contributed by atoms with van der Waals surface area (Å²) in [6.45, 7) is 0. The lowest BCUT2D eigenvalue weighted by Crippen LogP contribution is -2.40. The Bertz CT molecular complexity index is 446. The summed E-state index contributed by atoms with van der Waals surface area (Å²) >= 11 is 5.70. The summed E-state index contributed by atoms with van der Waals surface area (Å²) in [5.74, 6) is -2.91. The Morgan fingerprint density at radius 1 is 1.53 bits per heavy atom. The Balaban J connectivity index is 2.53. The molecule has 1 aliphatic heterocycles. The zero-order chi connectivity index (χ0) is 11.0. The van der Waals surface area contributed by atoms with E-state index in [2.05, 4.69) is 0 Å². The van der Waals surface area contributed by atoms with Gasteiger partial charge in [0.1, 0.15) is 0 Å². The number of carboxylic acids is 1. The molecule has 0 aromatic heterocycles. The van der Waals surface area contributed by atoms with Gasteiger partial charge in [0.05, 0.1) is 0 Å². The van der Waals surface area contributed by atoms with Gasteiger partial charge in [0.25, 0.3) is 5.91 Å². The standard InChI is InChI=1S/C9H6ClNO4/c10-4-1-2-5-6(3-4)15-11-8(12)7(5)9(13)14/h1-3,7H,(H,11,12)(H,13,14). The van der Waals surface area contributed by atoms with E-state index in [1.165, 1.54) is 18.2 Å². The van der Waals surface area contributed by atoms with Crippen LogP contribution in [0, 0.1) is 0 Å². The van der Waals surface area contributed by atoms with Gasteiger partial charge in [-0.25, -0.2) is 0 Å². The number of fused-ring (bicyclic) bond motifs is 1. The average Bonchev–Trinajstić information content (AvgIpc) is 2.17. The lowest BCUT2D eigenvalue weighted by atomic mass is 9.97. The monoisotopic (exact) mass is 227 g/mol. The number of rotatable bonds is 1. The molecular formula is C9H6ClNO4. The van der Waals surface area contributed by atoms with Crippen LogP contribution in [0.2, 0.25) is 5.02 Å². The Morgan fingerprint density at radius 2 is 2.27 bits per heavy atom. The van der Waals surface area contributed by atoms with Crippen molar-refractivity contribution in [3.63, 3.8) is 0 Å². The second-order valence-electron chi connectivity index (χ2n) is 3.02. The smallest absolute Gasteiger partial charge is 0.320 e. The van der Waals surface area contributed by atoms with Crippen molar-refractivity contribution in [1.82, 2.24) is 5.48 Å². The SMILES string of the molecule is O=C(O)C1C(=O)NOc2cc(Cl)ccc21. The van der Waals surface area contributed by atoms with Crippen LogP contribution in [0.3, 0.4) is 0 Å². The van der Waals surface area contributed by atoms with Gasteiger partial charge >= 0.3 is 5.97 Å². The van der Waals surface area contributed by atoms with Gasteiger partial charge in [0.15, 0.2) is 11.7 Å². The fourth-order valence-corrected chi connectivity index (χ4v) is 1.55. The highest BCUT2D eigenvalue weighted by Crippen LogP contribution is 2.32. The van der Waals surface area contributed by atoms with E-state index in [-0.39, 0.29) is 5.75 Å². The number of hydrogen-bond acceptors (Lipinski definition) is 3. The maximum absolute atomic E-state index is 11.2. The number of carbonyl (C=O) groups excluding carboxylic acids is 1. The summed E-state index contributed by atoms with van der Waals surface area (Å²) in [5.41, 5.74) is 2.32. The number of carboxylic acid groups (broad SMARTS) is 1. The molecule has 0 spiro atoms. The number of carbonyl (C=O) groups is 2. The van der Waals surface area contributed by atoms with Crippen molar-refractivity contribution in [2.45, 2.75) is 5.92 Å². The van der Waals surface area contributed by atoms with E-state index in [0.717, 1.165) is 0 Å². The van der Waals surface area contributed by atoms with E-state index in [4.69, 9.17) is 21.5 Å². The summed E-state index contributed by atoms with van der Waals surface area (Å²) in [6.07, 6.45) is 0. The third-order valence-corrected chi connectivity index (χ3v) is 2.29. The zero-order valence-electron chi connectivity index (χ0n) is 7.36. The van der Waals surface area contributed by atoms with Gasteiger partial charge in [-0.1, -0.05) is 17.7 Å². The molecule has 2 N–H and O–H groups in total. The molecule has 1 aromatic carbocycles. The molecule has 1 atom stereocenters. The lowest BCUT2D eigenvalue weighted by molar-refractivity contribution is -0.146. The first-order chi connectivity index (χ1) is 7.09. The topological polar surface area (TPSA) is 75.6 Å². The highest BCUT2D eigenvalue weighted by atomic mass is 35.5. The summed E-state index contributed by atoms with van der Waals surface area (Å²) in [7, 11) is 0. The van der Waals surface area contributed by atoms with E-state index < -0.39 is 17.8 Å². The van der Waals surface area contributed by atoms with E-state index in [1.54, 1.807) is 0 Å². The third-order valence-electron chi connectivity index (χ3n) is 2.06. The predicted octanol–water partition coefficient (Wildman–Crippen LogP) is 0.932. The van der Waals surface area contributed by atoms with E-state index >= 15 is 0 Å². The molecule has 78 valence electrons. The van der Waals surface area contributed by atoms with Crippen molar-refractivity contribution >= 4 is 23.5 Å². The molecule has 1 aliphatic rings. The number of hydrogen-bond donors (Lipinski definition) is 2. The van der Waals surface area contributed by atoms with Crippen LogP contribution in [0.4, 0.5) is 0 Å². The van der Waals surface area contributed by atoms with Crippen molar-refractivity contribution in [1.29, 1.82) is 0 Å². The predicted molar refractivity (Wildman–Crippen MR) is 50.6 cm³/mol. The van der Waals surface area contributed by atoms with Crippen LogP contribution in [0.5, 0.6) is 5.75 Å². The Labute approximate surface area is 89.6 Å². The van der Waals surface area contributed by atoms with Gasteiger partial charge in [-0.3, -0.25) is 9.59 Å². The molecule has 0 aliphatic carbocycles. The first-order valence-electron chi connectivity index (χ1n) is 4.08. The molecule has 15 heavy (non-hydrogen) atoms. The quantitative estimate of drug-likeness (QED) is 0.700. The molecule has 5 nitrogen and oxygen atoms in total. The minimum atomic E-state index is -1.24. The highest BCUT2D eigenvalue weighted by Gasteiger charge is 2.35. The van der Waals surface area contributed by atoms with Gasteiger partial charge < -0.3 is 9.94 Å². The van der Waals surface area contributed by atoms with Crippen LogP contribution in [-0.2, 0) is 9.59 Å².